The van der Waals surface area contributed by atoms with E-state index in [0.29, 0.717) is 5.56 Å². The van der Waals surface area contributed by atoms with Crippen LogP contribution in [-0.4, -0.2) is 38.8 Å². The average Bonchev–Trinajstić information content (AvgIpc) is 2.37. The average molecular weight is 302 g/mol. The minimum Gasteiger partial charge on any atom is -0.466 e. The van der Waals surface area contributed by atoms with Gasteiger partial charge in [0.15, 0.2) is 0 Å². The number of hydrogen-bond acceptors (Lipinski definition) is 6. The number of ether oxygens (including phenoxy) is 1. The van der Waals surface area contributed by atoms with Gasteiger partial charge in [0.2, 0.25) is 0 Å². The molecule has 1 atom stereocenters. The van der Waals surface area contributed by atoms with Gasteiger partial charge in [-0.2, -0.15) is 8.42 Å². The quantitative estimate of drug-likeness (QED) is 0.597. The number of benzene rings is 1. The maximum absolute atomic E-state index is 11.9. The first-order valence-corrected chi connectivity index (χ1v) is 7.56. The summed E-state index contributed by atoms with van der Waals surface area (Å²) in [6, 6.07) is 6.36. The van der Waals surface area contributed by atoms with Gasteiger partial charge in [0, 0.05) is 0 Å². The number of aliphatic hydroxyl groups is 1. The molecule has 1 aromatic rings. The van der Waals surface area contributed by atoms with Crippen LogP contribution in [-0.2, 0) is 23.8 Å². The lowest BCUT2D eigenvalue weighted by Crippen LogP contribution is -2.23. The van der Waals surface area contributed by atoms with Crippen molar-refractivity contribution in [2.75, 3.05) is 13.2 Å². The summed E-state index contributed by atoms with van der Waals surface area (Å²) >= 11 is 0. The van der Waals surface area contributed by atoms with Gasteiger partial charge in [-0.3, -0.25) is 8.98 Å². The van der Waals surface area contributed by atoms with Crippen LogP contribution in [0.5, 0.6) is 0 Å². The fraction of sp³-hybridized carbons (Fsp3) is 0.462. The molecule has 0 heterocycles. The third-order valence-electron chi connectivity index (χ3n) is 2.49. The summed E-state index contributed by atoms with van der Waals surface area (Å²) in [6.07, 6.45) is -1.54. The van der Waals surface area contributed by atoms with Gasteiger partial charge in [0.25, 0.3) is 10.1 Å². The minimum atomic E-state index is -3.95. The first-order chi connectivity index (χ1) is 9.36. The van der Waals surface area contributed by atoms with Gasteiger partial charge in [-0.1, -0.05) is 18.2 Å². The molecule has 0 bridgehead atoms. The summed E-state index contributed by atoms with van der Waals surface area (Å²) in [5, 5.41) is 9.54. The van der Waals surface area contributed by atoms with Crippen molar-refractivity contribution < 1.29 is 27.2 Å². The fourth-order valence-corrected chi connectivity index (χ4v) is 2.71. The lowest BCUT2D eigenvalue weighted by Gasteiger charge is -2.11. The summed E-state index contributed by atoms with van der Waals surface area (Å²) in [5.41, 5.74) is 0.549. The van der Waals surface area contributed by atoms with Crippen molar-refractivity contribution in [2.45, 2.75) is 31.3 Å². The second-order valence-corrected chi connectivity index (χ2v) is 5.75. The van der Waals surface area contributed by atoms with Gasteiger partial charge in [0.05, 0.1) is 30.6 Å². The predicted octanol–water partition coefficient (Wildman–Crippen LogP) is 1.01. The highest BCUT2D eigenvalue weighted by Gasteiger charge is 2.20. The lowest BCUT2D eigenvalue weighted by atomic mass is 10.2. The Labute approximate surface area is 118 Å². The van der Waals surface area contributed by atoms with E-state index in [-0.39, 0.29) is 17.9 Å². The van der Waals surface area contributed by atoms with Crippen molar-refractivity contribution in [3.05, 3.63) is 29.8 Å². The Morgan fingerprint density at radius 2 is 2.00 bits per heavy atom. The number of hydrogen-bond donors (Lipinski definition) is 1. The molecule has 0 aromatic heterocycles. The van der Waals surface area contributed by atoms with Crippen LogP contribution in [0.25, 0.3) is 0 Å². The molecule has 0 amide bonds. The van der Waals surface area contributed by atoms with Crippen LogP contribution in [0.2, 0.25) is 0 Å². The summed E-state index contributed by atoms with van der Waals surface area (Å²) < 4.78 is 33.2. The Bertz CT molecular complexity index is 552. The van der Waals surface area contributed by atoms with Crippen molar-refractivity contribution in [2.24, 2.45) is 0 Å². The van der Waals surface area contributed by atoms with E-state index in [1.54, 1.807) is 32.0 Å². The maximum atomic E-state index is 11.9. The number of aryl methyl sites for hydroxylation is 1. The Hall–Kier alpha value is -1.44. The summed E-state index contributed by atoms with van der Waals surface area (Å²) in [7, 11) is -3.95. The van der Waals surface area contributed by atoms with Crippen molar-refractivity contribution in [1.82, 2.24) is 0 Å². The van der Waals surface area contributed by atoms with Gasteiger partial charge in [-0.25, -0.2) is 0 Å². The Morgan fingerprint density at radius 1 is 1.35 bits per heavy atom. The molecule has 0 saturated heterocycles. The first-order valence-electron chi connectivity index (χ1n) is 6.15. The molecule has 1 unspecified atom stereocenters. The molecule has 0 aliphatic rings. The molecule has 112 valence electrons. The van der Waals surface area contributed by atoms with Crippen LogP contribution < -0.4 is 0 Å². The zero-order valence-corrected chi connectivity index (χ0v) is 12.2. The first kappa shape index (κ1) is 16.6. The molecule has 0 fully saturated rings. The monoisotopic (exact) mass is 302 g/mol. The predicted molar refractivity (Wildman–Crippen MR) is 71.6 cm³/mol. The van der Waals surface area contributed by atoms with Gasteiger partial charge >= 0.3 is 5.97 Å². The van der Waals surface area contributed by atoms with E-state index in [2.05, 4.69) is 4.74 Å². The van der Waals surface area contributed by atoms with E-state index in [4.69, 9.17) is 4.18 Å². The smallest absolute Gasteiger partial charge is 0.308 e. The molecule has 7 heteroatoms. The SMILES string of the molecule is CCOC(=O)CC(O)COS(=O)(=O)c1ccccc1C. The van der Waals surface area contributed by atoms with Gasteiger partial charge < -0.3 is 9.84 Å². The summed E-state index contributed by atoms with van der Waals surface area (Å²) in [4.78, 5) is 11.2. The Kier molecular flexibility index (Phi) is 6.12. The van der Waals surface area contributed by atoms with Crippen LogP contribution in [0, 0.1) is 6.92 Å². The van der Waals surface area contributed by atoms with Gasteiger partial charge in [-0.05, 0) is 25.5 Å². The van der Waals surface area contributed by atoms with Crippen molar-refractivity contribution in [1.29, 1.82) is 0 Å². The molecule has 1 aromatic carbocycles. The second kappa shape index (κ2) is 7.37. The van der Waals surface area contributed by atoms with Crippen molar-refractivity contribution >= 4 is 16.1 Å². The Morgan fingerprint density at radius 3 is 2.60 bits per heavy atom. The fourth-order valence-electron chi connectivity index (χ4n) is 1.54. The third-order valence-corrected chi connectivity index (χ3v) is 3.93. The lowest BCUT2D eigenvalue weighted by molar-refractivity contribution is -0.145. The molecule has 20 heavy (non-hydrogen) atoms. The van der Waals surface area contributed by atoms with E-state index >= 15 is 0 Å². The number of aliphatic hydroxyl groups excluding tert-OH is 1. The van der Waals surface area contributed by atoms with Crippen LogP contribution in [0.1, 0.15) is 18.9 Å². The Balaban J connectivity index is 2.60. The number of carbonyl (C=O) groups excluding carboxylic acids is 1. The van der Waals surface area contributed by atoms with Gasteiger partial charge in [0.1, 0.15) is 0 Å². The highest BCUT2D eigenvalue weighted by Crippen LogP contribution is 2.17. The maximum Gasteiger partial charge on any atom is 0.308 e. The van der Waals surface area contributed by atoms with Crippen LogP contribution >= 0.6 is 0 Å². The number of rotatable bonds is 7. The molecular weight excluding hydrogens is 284 g/mol. The highest BCUT2D eigenvalue weighted by atomic mass is 32.2. The highest BCUT2D eigenvalue weighted by molar-refractivity contribution is 7.86. The molecule has 1 N–H and O–H groups in total. The summed E-state index contributed by atoms with van der Waals surface area (Å²) in [5.74, 6) is -0.600. The van der Waals surface area contributed by atoms with Crippen LogP contribution in [0.15, 0.2) is 29.2 Å². The largest absolute Gasteiger partial charge is 0.466 e. The number of esters is 1. The molecule has 6 nitrogen and oxygen atoms in total. The molecule has 0 saturated carbocycles. The minimum absolute atomic E-state index is 0.0448. The number of carbonyl (C=O) groups is 1. The zero-order valence-electron chi connectivity index (χ0n) is 11.4. The molecule has 0 aliphatic heterocycles. The van der Waals surface area contributed by atoms with E-state index < -0.39 is 28.8 Å². The van der Waals surface area contributed by atoms with E-state index in [1.165, 1.54) is 6.07 Å². The standard InChI is InChI=1S/C13H18O6S/c1-3-18-13(15)8-11(14)9-19-20(16,17)12-7-5-4-6-10(12)2/h4-7,11,14H,3,8-9H2,1-2H3. The molecule has 0 spiro atoms. The molecular formula is C13H18O6S. The van der Waals surface area contributed by atoms with E-state index in [9.17, 15) is 18.3 Å². The topological polar surface area (TPSA) is 89.9 Å². The third kappa shape index (κ3) is 4.92. The molecule has 1 rings (SSSR count). The van der Waals surface area contributed by atoms with Crippen LogP contribution in [0.3, 0.4) is 0 Å². The van der Waals surface area contributed by atoms with Crippen molar-refractivity contribution in [3.8, 4) is 0 Å². The van der Waals surface area contributed by atoms with Crippen molar-refractivity contribution in [3.63, 3.8) is 0 Å². The second-order valence-electron chi connectivity index (χ2n) is 4.17. The van der Waals surface area contributed by atoms with E-state index in [0.717, 1.165) is 0 Å². The van der Waals surface area contributed by atoms with Crippen LogP contribution in [0.4, 0.5) is 0 Å². The zero-order chi connectivity index (χ0) is 15.2. The normalized spacial score (nSPS) is 12.9. The molecule has 0 aliphatic carbocycles. The van der Waals surface area contributed by atoms with E-state index in [1.807, 2.05) is 0 Å². The molecule has 0 radical (unpaired) electrons. The summed E-state index contributed by atoms with van der Waals surface area (Å²) in [6.45, 7) is 3.00. The van der Waals surface area contributed by atoms with Gasteiger partial charge in [-0.15, -0.1) is 0 Å².